The summed E-state index contributed by atoms with van der Waals surface area (Å²) in [6, 6.07) is 16.7. The molecule has 2 rings (SSSR count). The molecule has 0 radical (unpaired) electrons. The van der Waals surface area contributed by atoms with Gasteiger partial charge in [0.1, 0.15) is 5.41 Å². The molecular formula is C20H23ClN2O2. The van der Waals surface area contributed by atoms with Crippen molar-refractivity contribution in [3.05, 3.63) is 70.7 Å². The Labute approximate surface area is 153 Å². The zero-order valence-corrected chi connectivity index (χ0v) is 15.4. The van der Waals surface area contributed by atoms with Crippen LogP contribution >= 0.6 is 11.6 Å². The molecule has 2 aromatic carbocycles. The Morgan fingerprint density at radius 1 is 1.00 bits per heavy atom. The van der Waals surface area contributed by atoms with Gasteiger partial charge in [0.25, 0.3) is 0 Å². The van der Waals surface area contributed by atoms with E-state index in [-0.39, 0.29) is 24.4 Å². The third kappa shape index (κ3) is 4.83. The van der Waals surface area contributed by atoms with Crippen LogP contribution < -0.4 is 10.6 Å². The molecule has 0 bridgehead atoms. The first-order valence-corrected chi connectivity index (χ1v) is 8.58. The molecule has 5 heteroatoms. The lowest BCUT2D eigenvalue weighted by Crippen LogP contribution is -2.48. The number of nitrogens with one attached hydrogen (secondary N) is 2. The van der Waals surface area contributed by atoms with Gasteiger partial charge in [-0.05, 0) is 38.0 Å². The summed E-state index contributed by atoms with van der Waals surface area (Å²) >= 11 is 6.09. The Morgan fingerprint density at radius 2 is 1.60 bits per heavy atom. The molecule has 0 saturated carbocycles. The minimum Gasteiger partial charge on any atom is -0.351 e. The molecule has 25 heavy (non-hydrogen) atoms. The summed E-state index contributed by atoms with van der Waals surface area (Å²) in [6.07, 6.45) is 0. The lowest BCUT2D eigenvalue weighted by molar-refractivity contribution is -0.141. The summed E-state index contributed by atoms with van der Waals surface area (Å²) in [4.78, 5) is 25.1. The van der Waals surface area contributed by atoms with Gasteiger partial charge in [0, 0.05) is 11.6 Å². The van der Waals surface area contributed by atoms with Gasteiger partial charge in [0.05, 0.1) is 6.04 Å². The smallest absolute Gasteiger partial charge is 0.235 e. The Bertz CT molecular complexity index is 744. The lowest BCUT2D eigenvalue weighted by atomic mass is 9.90. The molecule has 0 saturated heterocycles. The summed E-state index contributed by atoms with van der Waals surface area (Å²) in [6.45, 7) is 5.40. The highest BCUT2D eigenvalue weighted by atomic mass is 35.5. The average molecular weight is 359 g/mol. The molecule has 0 aliphatic rings. The Morgan fingerprint density at radius 3 is 2.24 bits per heavy atom. The van der Waals surface area contributed by atoms with Crippen molar-refractivity contribution in [2.24, 2.45) is 5.41 Å². The lowest BCUT2D eigenvalue weighted by Gasteiger charge is -2.25. The molecule has 2 aromatic rings. The van der Waals surface area contributed by atoms with Crippen molar-refractivity contribution in [1.29, 1.82) is 0 Å². The second-order valence-corrected chi connectivity index (χ2v) is 6.91. The molecule has 4 nitrogen and oxygen atoms in total. The first kappa shape index (κ1) is 19.0. The van der Waals surface area contributed by atoms with E-state index in [1.807, 2.05) is 55.5 Å². The van der Waals surface area contributed by atoms with Crippen LogP contribution in [0.15, 0.2) is 54.6 Å². The second-order valence-electron chi connectivity index (χ2n) is 6.50. The maximum atomic E-state index is 12.6. The highest BCUT2D eigenvalue weighted by Crippen LogP contribution is 2.20. The standard InChI is InChI=1S/C20H23ClN2O2/c1-14(15-9-5-4-6-10-15)23-19(25)20(2,3)18(24)22-13-16-11-7-8-12-17(16)21/h4-12,14H,13H2,1-3H3,(H,22,24)(H,23,25). The molecule has 0 fully saturated rings. The maximum Gasteiger partial charge on any atom is 0.235 e. The number of benzene rings is 2. The van der Waals surface area contributed by atoms with Gasteiger partial charge in [-0.1, -0.05) is 60.1 Å². The van der Waals surface area contributed by atoms with Crippen LogP contribution in [0.2, 0.25) is 5.02 Å². The maximum absolute atomic E-state index is 12.6. The van der Waals surface area contributed by atoms with Crippen LogP contribution in [0.25, 0.3) is 0 Å². The van der Waals surface area contributed by atoms with Crippen molar-refractivity contribution in [3.63, 3.8) is 0 Å². The second kappa shape index (κ2) is 8.17. The fraction of sp³-hybridized carbons (Fsp3) is 0.300. The number of carbonyl (C=O) groups is 2. The van der Waals surface area contributed by atoms with E-state index in [1.54, 1.807) is 19.9 Å². The van der Waals surface area contributed by atoms with E-state index >= 15 is 0 Å². The molecule has 0 aliphatic carbocycles. The van der Waals surface area contributed by atoms with Gasteiger partial charge in [0.15, 0.2) is 0 Å². The first-order chi connectivity index (χ1) is 11.8. The molecule has 0 spiro atoms. The van der Waals surface area contributed by atoms with Crippen LogP contribution in [0, 0.1) is 5.41 Å². The summed E-state index contributed by atoms with van der Waals surface area (Å²) < 4.78 is 0. The summed E-state index contributed by atoms with van der Waals surface area (Å²) in [5.74, 6) is -0.661. The van der Waals surface area contributed by atoms with E-state index in [2.05, 4.69) is 10.6 Å². The van der Waals surface area contributed by atoms with Crippen LogP contribution in [-0.2, 0) is 16.1 Å². The number of carbonyl (C=O) groups excluding carboxylic acids is 2. The van der Waals surface area contributed by atoms with Crippen molar-refractivity contribution < 1.29 is 9.59 Å². The topological polar surface area (TPSA) is 58.2 Å². The third-order valence-electron chi connectivity index (χ3n) is 4.18. The van der Waals surface area contributed by atoms with Crippen LogP contribution in [0.3, 0.4) is 0 Å². The number of hydrogen-bond donors (Lipinski definition) is 2. The molecular weight excluding hydrogens is 336 g/mol. The SMILES string of the molecule is CC(NC(=O)C(C)(C)C(=O)NCc1ccccc1Cl)c1ccccc1. The predicted octanol–water partition coefficient (Wildman–Crippen LogP) is 3.86. The number of hydrogen-bond acceptors (Lipinski definition) is 2. The van der Waals surface area contributed by atoms with Crippen molar-refractivity contribution in [3.8, 4) is 0 Å². The van der Waals surface area contributed by atoms with Crippen LogP contribution in [-0.4, -0.2) is 11.8 Å². The quantitative estimate of drug-likeness (QED) is 0.770. The van der Waals surface area contributed by atoms with E-state index in [0.29, 0.717) is 5.02 Å². The van der Waals surface area contributed by atoms with Crippen LogP contribution in [0.4, 0.5) is 0 Å². The molecule has 1 atom stereocenters. The number of rotatable bonds is 6. The fourth-order valence-electron chi connectivity index (χ4n) is 2.34. The van der Waals surface area contributed by atoms with Crippen molar-refractivity contribution in [2.75, 3.05) is 0 Å². The van der Waals surface area contributed by atoms with E-state index < -0.39 is 5.41 Å². The van der Waals surface area contributed by atoms with Gasteiger partial charge in [-0.3, -0.25) is 9.59 Å². The van der Waals surface area contributed by atoms with E-state index in [1.165, 1.54) is 0 Å². The molecule has 2 amide bonds. The van der Waals surface area contributed by atoms with Crippen molar-refractivity contribution in [1.82, 2.24) is 10.6 Å². The summed E-state index contributed by atoms with van der Waals surface area (Å²) in [5, 5.41) is 6.28. The third-order valence-corrected chi connectivity index (χ3v) is 4.55. The van der Waals surface area contributed by atoms with Crippen molar-refractivity contribution >= 4 is 23.4 Å². The highest BCUT2D eigenvalue weighted by molar-refractivity contribution is 6.31. The minimum absolute atomic E-state index is 0.177. The largest absolute Gasteiger partial charge is 0.351 e. The molecule has 1 unspecified atom stereocenters. The van der Waals surface area contributed by atoms with Crippen LogP contribution in [0.5, 0.6) is 0 Å². The monoisotopic (exact) mass is 358 g/mol. The molecule has 2 N–H and O–H groups in total. The first-order valence-electron chi connectivity index (χ1n) is 8.20. The number of amides is 2. The van der Waals surface area contributed by atoms with Gasteiger partial charge in [-0.25, -0.2) is 0 Å². The fourth-order valence-corrected chi connectivity index (χ4v) is 2.55. The van der Waals surface area contributed by atoms with Gasteiger partial charge in [0.2, 0.25) is 11.8 Å². The summed E-state index contributed by atoms with van der Waals surface area (Å²) in [7, 11) is 0. The highest BCUT2D eigenvalue weighted by Gasteiger charge is 2.36. The summed E-state index contributed by atoms with van der Waals surface area (Å²) in [5.41, 5.74) is 0.610. The molecule has 0 aromatic heterocycles. The normalized spacial score (nSPS) is 12.3. The van der Waals surface area contributed by atoms with Gasteiger partial charge >= 0.3 is 0 Å². The Hall–Kier alpha value is -2.33. The van der Waals surface area contributed by atoms with E-state index in [9.17, 15) is 9.59 Å². The zero-order valence-electron chi connectivity index (χ0n) is 14.7. The molecule has 132 valence electrons. The van der Waals surface area contributed by atoms with Crippen molar-refractivity contribution in [2.45, 2.75) is 33.4 Å². The van der Waals surface area contributed by atoms with Gasteiger partial charge in [-0.2, -0.15) is 0 Å². The van der Waals surface area contributed by atoms with Gasteiger partial charge in [-0.15, -0.1) is 0 Å². The van der Waals surface area contributed by atoms with Gasteiger partial charge < -0.3 is 10.6 Å². The van der Waals surface area contributed by atoms with E-state index in [0.717, 1.165) is 11.1 Å². The minimum atomic E-state index is -1.19. The average Bonchev–Trinajstić information content (AvgIpc) is 2.61. The Balaban J connectivity index is 1.97. The Kier molecular flexibility index (Phi) is 6.21. The van der Waals surface area contributed by atoms with Crippen LogP contribution in [0.1, 0.15) is 37.9 Å². The molecule has 0 aliphatic heterocycles. The van der Waals surface area contributed by atoms with E-state index in [4.69, 9.17) is 11.6 Å². The molecule has 0 heterocycles. The predicted molar refractivity (Wildman–Crippen MR) is 100 cm³/mol. The zero-order chi connectivity index (χ0) is 18.4. The number of halogens is 1.